The first kappa shape index (κ1) is 21.7. The number of nitrogens with zero attached hydrogens (tertiary/aromatic N) is 4. The maximum Gasteiger partial charge on any atom is 0.308 e. The number of hydrogen-bond acceptors (Lipinski definition) is 8. The summed E-state index contributed by atoms with van der Waals surface area (Å²) in [5, 5.41) is 16.7. The number of para-hydroxylation sites is 2. The van der Waals surface area contributed by atoms with E-state index in [2.05, 4.69) is 10.1 Å². The number of benzene rings is 3. The zero-order valence-electron chi connectivity index (χ0n) is 18.2. The molecule has 0 bridgehead atoms. The number of esters is 1. The lowest BCUT2D eigenvalue weighted by Gasteiger charge is -2.08. The minimum atomic E-state index is -0.610. The molecule has 5 rings (SSSR count). The van der Waals surface area contributed by atoms with Gasteiger partial charge in [-0.3, -0.25) is 19.7 Å². The van der Waals surface area contributed by atoms with Crippen LogP contribution in [-0.2, 0) is 4.79 Å². The molecule has 35 heavy (non-hydrogen) atoms. The lowest BCUT2D eigenvalue weighted by Crippen LogP contribution is -2.20. The van der Waals surface area contributed by atoms with Gasteiger partial charge in [0.1, 0.15) is 11.3 Å². The van der Waals surface area contributed by atoms with Crippen molar-refractivity contribution in [2.24, 2.45) is 5.10 Å². The number of aromatic nitrogens is 2. The van der Waals surface area contributed by atoms with Gasteiger partial charge in [-0.15, -0.1) is 0 Å². The van der Waals surface area contributed by atoms with Crippen molar-refractivity contribution in [1.29, 1.82) is 0 Å². The summed E-state index contributed by atoms with van der Waals surface area (Å²) in [6, 6.07) is 19.6. The number of fused-ring (bicyclic) bond motifs is 2. The Bertz CT molecular complexity index is 1680. The Balaban J connectivity index is 1.72. The summed E-state index contributed by atoms with van der Waals surface area (Å²) >= 11 is 0. The average Bonchev–Trinajstić information content (AvgIpc) is 3.28. The number of hydrogen-bond donors (Lipinski definition) is 0. The summed E-state index contributed by atoms with van der Waals surface area (Å²) in [4.78, 5) is 40.1. The smallest absolute Gasteiger partial charge is 0.308 e. The van der Waals surface area contributed by atoms with Crippen molar-refractivity contribution < 1.29 is 18.9 Å². The van der Waals surface area contributed by atoms with Gasteiger partial charge in [-0.25, -0.2) is 4.98 Å². The topological polar surface area (TPSA) is 130 Å². The molecule has 0 spiro atoms. The fraction of sp³-hybridized carbons (Fsp3) is 0.0400. The summed E-state index contributed by atoms with van der Waals surface area (Å²) in [5.74, 6) is -0.106. The van der Waals surface area contributed by atoms with E-state index in [0.717, 1.165) is 10.1 Å². The highest BCUT2D eigenvalue weighted by molar-refractivity contribution is 5.87. The molecule has 10 nitrogen and oxygen atoms in total. The van der Waals surface area contributed by atoms with Gasteiger partial charge < -0.3 is 9.15 Å². The second-order valence-electron chi connectivity index (χ2n) is 7.54. The van der Waals surface area contributed by atoms with Gasteiger partial charge in [-0.05, 0) is 30.3 Å². The standard InChI is InChI=1S/C25H16N4O6/c1-15(30)34-22-11-10-18(29(32)33)12-17(22)14-26-28-24(23-13-16-6-2-5-9-21(16)35-23)27-20-8-4-3-7-19(20)25(28)31/h2-14H,1H3. The van der Waals surface area contributed by atoms with Crippen molar-refractivity contribution in [2.75, 3.05) is 0 Å². The molecule has 0 radical (unpaired) electrons. The Kier molecular flexibility index (Phi) is 5.38. The normalized spacial score (nSPS) is 11.3. The van der Waals surface area contributed by atoms with Crippen molar-refractivity contribution in [1.82, 2.24) is 9.66 Å². The minimum Gasteiger partial charge on any atom is -0.453 e. The number of carbonyl (C=O) groups excluding carboxylic acids is 1. The Labute approximate surface area is 196 Å². The van der Waals surface area contributed by atoms with E-state index < -0.39 is 16.5 Å². The first-order valence-electron chi connectivity index (χ1n) is 10.4. The summed E-state index contributed by atoms with van der Waals surface area (Å²) in [5.41, 5.74) is 0.488. The molecule has 0 aliphatic carbocycles. The van der Waals surface area contributed by atoms with Gasteiger partial charge in [0.05, 0.1) is 22.0 Å². The van der Waals surface area contributed by atoms with Gasteiger partial charge >= 0.3 is 5.97 Å². The molecule has 0 amide bonds. The van der Waals surface area contributed by atoms with Gasteiger partial charge in [-0.1, -0.05) is 30.3 Å². The molecule has 0 saturated heterocycles. The number of rotatable bonds is 5. The van der Waals surface area contributed by atoms with Gasteiger partial charge in [0.25, 0.3) is 11.2 Å². The largest absolute Gasteiger partial charge is 0.453 e. The fourth-order valence-corrected chi connectivity index (χ4v) is 3.60. The highest BCUT2D eigenvalue weighted by Crippen LogP contribution is 2.27. The number of non-ortho nitro benzene ring substituents is 1. The number of nitro groups is 1. The van der Waals surface area contributed by atoms with Crippen molar-refractivity contribution in [2.45, 2.75) is 6.92 Å². The summed E-state index contributed by atoms with van der Waals surface area (Å²) in [7, 11) is 0. The molecular weight excluding hydrogens is 452 g/mol. The third kappa shape index (κ3) is 4.15. The Morgan fingerprint density at radius 3 is 2.66 bits per heavy atom. The molecule has 0 saturated carbocycles. The third-order valence-corrected chi connectivity index (χ3v) is 5.17. The van der Waals surface area contributed by atoms with Crippen LogP contribution in [0.2, 0.25) is 0 Å². The minimum absolute atomic E-state index is 0.0546. The van der Waals surface area contributed by atoms with Crippen LogP contribution in [0.1, 0.15) is 12.5 Å². The molecule has 0 unspecified atom stereocenters. The van der Waals surface area contributed by atoms with Crippen LogP contribution in [0.4, 0.5) is 5.69 Å². The fourth-order valence-electron chi connectivity index (χ4n) is 3.60. The van der Waals surface area contributed by atoms with Gasteiger partial charge in [0.2, 0.25) is 5.82 Å². The first-order chi connectivity index (χ1) is 16.9. The molecule has 172 valence electrons. The Morgan fingerprint density at radius 2 is 1.89 bits per heavy atom. The Morgan fingerprint density at radius 1 is 1.11 bits per heavy atom. The SMILES string of the molecule is CC(=O)Oc1ccc([N+](=O)[O-])cc1C=Nn1c(-c2cc3ccccc3o2)nc2ccccc2c1=O. The molecule has 10 heteroatoms. The van der Waals surface area contributed by atoms with E-state index in [1.807, 2.05) is 18.2 Å². The lowest BCUT2D eigenvalue weighted by molar-refractivity contribution is -0.384. The van der Waals surface area contributed by atoms with Crippen LogP contribution in [0.15, 0.2) is 87.1 Å². The van der Waals surface area contributed by atoms with E-state index in [1.165, 1.54) is 31.3 Å². The second kappa shape index (κ2) is 8.67. The van der Waals surface area contributed by atoms with Crippen molar-refractivity contribution in [3.8, 4) is 17.3 Å². The average molecular weight is 468 g/mol. The van der Waals surface area contributed by atoms with Crippen molar-refractivity contribution in [3.05, 3.63) is 98.8 Å². The molecule has 2 aromatic heterocycles. The molecule has 0 N–H and O–H groups in total. The van der Waals surface area contributed by atoms with E-state index in [1.54, 1.807) is 36.4 Å². The number of nitro benzene ring substituents is 1. The van der Waals surface area contributed by atoms with Crippen molar-refractivity contribution in [3.63, 3.8) is 0 Å². The molecule has 0 atom stereocenters. The van der Waals surface area contributed by atoms with Crippen LogP contribution in [0, 0.1) is 10.1 Å². The van der Waals surface area contributed by atoms with Gasteiger partial charge in [0.15, 0.2) is 5.76 Å². The van der Waals surface area contributed by atoms with E-state index in [0.29, 0.717) is 22.2 Å². The molecule has 5 aromatic rings. The number of carbonyl (C=O) groups is 1. The first-order valence-corrected chi connectivity index (χ1v) is 10.4. The maximum atomic E-state index is 13.4. The van der Waals surface area contributed by atoms with E-state index in [4.69, 9.17) is 9.15 Å². The second-order valence-corrected chi connectivity index (χ2v) is 7.54. The van der Waals surface area contributed by atoms with Crippen LogP contribution < -0.4 is 10.3 Å². The van der Waals surface area contributed by atoms with E-state index in [-0.39, 0.29) is 22.8 Å². The maximum absolute atomic E-state index is 13.4. The molecule has 2 heterocycles. The predicted octanol–water partition coefficient (Wildman–Crippen LogP) is 4.53. The van der Waals surface area contributed by atoms with Crippen LogP contribution in [-0.4, -0.2) is 26.8 Å². The zero-order valence-corrected chi connectivity index (χ0v) is 18.2. The summed E-state index contributed by atoms with van der Waals surface area (Å²) in [6.45, 7) is 1.21. The summed E-state index contributed by atoms with van der Waals surface area (Å²) in [6.07, 6.45) is 1.20. The number of furan rings is 1. The van der Waals surface area contributed by atoms with Crippen LogP contribution in [0.5, 0.6) is 5.75 Å². The lowest BCUT2D eigenvalue weighted by atomic mass is 10.2. The van der Waals surface area contributed by atoms with E-state index >= 15 is 0 Å². The van der Waals surface area contributed by atoms with Crippen molar-refractivity contribution >= 4 is 39.7 Å². The zero-order chi connectivity index (χ0) is 24.5. The highest BCUT2D eigenvalue weighted by Gasteiger charge is 2.17. The molecule has 3 aromatic carbocycles. The highest BCUT2D eigenvalue weighted by atomic mass is 16.6. The van der Waals surface area contributed by atoms with Gasteiger partial charge in [0, 0.05) is 30.0 Å². The van der Waals surface area contributed by atoms with Crippen LogP contribution >= 0.6 is 0 Å². The molecule has 0 aliphatic heterocycles. The monoisotopic (exact) mass is 468 g/mol. The quantitative estimate of drug-likeness (QED) is 0.122. The molecule has 0 aliphatic rings. The van der Waals surface area contributed by atoms with Crippen LogP contribution in [0.3, 0.4) is 0 Å². The third-order valence-electron chi connectivity index (χ3n) is 5.17. The molecular formula is C25H16N4O6. The summed E-state index contributed by atoms with van der Waals surface area (Å²) < 4.78 is 12.1. The molecule has 0 fully saturated rings. The van der Waals surface area contributed by atoms with Gasteiger partial charge in [-0.2, -0.15) is 9.78 Å². The number of ether oxygens (including phenoxy) is 1. The van der Waals surface area contributed by atoms with Crippen LogP contribution in [0.25, 0.3) is 33.5 Å². The predicted molar refractivity (Wildman–Crippen MR) is 129 cm³/mol. The van der Waals surface area contributed by atoms with E-state index in [9.17, 15) is 19.7 Å². The Hall–Kier alpha value is -5.12.